The van der Waals surface area contributed by atoms with Crippen molar-refractivity contribution in [3.63, 3.8) is 0 Å². The molecule has 120 valence electrons. The van der Waals surface area contributed by atoms with Gasteiger partial charge in [0.1, 0.15) is 0 Å². The van der Waals surface area contributed by atoms with E-state index in [2.05, 4.69) is 62.4 Å². The maximum absolute atomic E-state index is 12.3. The Kier molecular flexibility index (Phi) is 4.90. The molecule has 0 aromatic heterocycles. The first kappa shape index (κ1) is 16.2. The SMILES string of the molecule is Cc1cccc(C=CC(=O)CC(C)c2cccc3ccccc23)c1. The Morgan fingerprint density at radius 2 is 1.75 bits per heavy atom. The second-order valence-corrected chi connectivity index (χ2v) is 6.39. The van der Waals surface area contributed by atoms with Crippen LogP contribution in [-0.4, -0.2) is 5.78 Å². The van der Waals surface area contributed by atoms with Crippen LogP contribution in [0.5, 0.6) is 0 Å². The van der Waals surface area contributed by atoms with Crippen molar-refractivity contribution >= 4 is 22.6 Å². The van der Waals surface area contributed by atoms with Gasteiger partial charge in [0.2, 0.25) is 0 Å². The molecule has 0 aliphatic heterocycles. The molecule has 1 unspecified atom stereocenters. The van der Waals surface area contributed by atoms with Crippen molar-refractivity contribution < 1.29 is 4.79 Å². The zero-order valence-electron chi connectivity index (χ0n) is 14.2. The van der Waals surface area contributed by atoms with Gasteiger partial charge in [0.15, 0.2) is 5.78 Å². The molecular formula is C23H22O. The molecule has 1 nitrogen and oxygen atoms in total. The third-order valence-electron chi connectivity index (χ3n) is 4.37. The fourth-order valence-electron chi connectivity index (χ4n) is 3.12. The molecule has 0 saturated carbocycles. The maximum atomic E-state index is 12.3. The Labute approximate surface area is 143 Å². The lowest BCUT2D eigenvalue weighted by atomic mass is 9.91. The summed E-state index contributed by atoms with van der Waals surface area (Å²) >= 11 is 0. The molecule has 3 aromatic carbocycles. The van der Waals surface area contributed by atoms with E-state index in [1.165, 1.54) is 21.9 Å². The van der Waals surface area contributed by atoms with Crippen LogP contribution in [-0.2, 0) is 4.79 Å². The summed E-state index contributed by atoms with van der Waals surface area (Å²) in [5.74, 6) is 0.364. The molecule has 0 aliphatic carbocycles. The van der Waals surface area contributed by atoms with Gasteiger partial charge in [0.05, 0.1) is 0 Å². The minimum atomic E-state index is 0.164. The summed E-state index contributed by atoms with van der Waals surface area (Å²) in [5, 5.41) is 2.47. The Balaban J connectivity index is 1.74. The summed E-state index contributed by atoms with van der Waals surface area (Å²) in [5.41, 5.74) is 3.51. The number of carbonyl (C=O) groups is 1. The van der Waals surface area contributed by atoms with E-state index in [-0.39, 0.29) is 11.7 Å². The lowest BCUT2D eigenvalue weighted by molar-refractivity contribution is -0.114. The predicted molar refractivity (Wildman–Crippen MR) is 102 cm³/mol. The minimum Gasteiger partial charge on any atom is -0.295 e. The number of fused-ring (bicyclic) bond motifs is 1. The van der Waals surface area contributed by atoms with E-state index in [0.29, 0.717) is 6.42 Å². The third kappa shape index (κ3) is 3.80. The van der Waals surface area contributed by atoms with Gasteiger partial charge < -0.3 is 0 Å². The van der Waals surface area contributed by atoms with Gasteiger partial charge in [0, 0.05) is 6.42 Å². The Morgan fingerprint density at radius 3 is 2.58 bits per heavy atom. The summed E-state index contributed by atoms with van der Waals surface area (Å²) in [6.07, 6.45) is 4.14. The largest absolute Gasteiger partial charge is 0.295 e. The van der Waals surface area contributed by atoms with Gasteiger partial charge in [-0.15, -0.1) is 0 Å². The van der Waals surface area contributed by atoms with Crippen molar-refractivity contribution in [2.75, 3.05) is 0 Å². The second kappa shape index (κ2) is 7.27. The van der Waals surface area contributed by atoms with Crippen LogP contribution in [0.2, 0.25) is 0 Å². The van der Waals surface area contributed by atoms with Crippen molar-refractivity contribution in [3.8, 4) is 0 Å². The van der Waals surface area contributed by atoms with Crippen LogP contribution < -0.4 is 0 Å². The van der Waals surface area contributed by atoms with Gasteiger partial charge in [-0.3, -0.25) is 4.79 Å². The molecule has 3 aromatic rings. The van der Waals surface area contributed by atoms with Gasteiger partial charge in [0.25, 0.3) is 0 Å². The van der Waals surface area contributed by atoms with Crippen molar-refractivity contribution in [1.29, 1.82) is 0 Å². The first-order chi connectivity index (χ1) is 11.6. The number of rotatable bonds is 5. The number of hydrogen-bond donors (Lipinski definition) is 0. The number of aryl methyl sites for hydroxylation is 1. The minimum absolute atomic E-state index is 0.164. The molecule has 1 heteroatoms. The van der Waals surface area contributed by atoms with Gasteiger partial charge in [-0.05, 0) is 40.8 Å². The Morgan fingerprint density at radius 1 is 1.00 bits per heavy atom. The third-order valence-corrected chi connectivity index (χ3v) is 4.37. The van der Waals surface area contributed by atoms with Crippen LogP contribution >= 0.6 is 0 Å². The number of ketones is 1. The van der Waals surface area contributed by atoms with Crippen LogP contribution in [0.25, 0.3) is 16.8 Å². The van der Waals surface area contributed by atoms with Crippen molar-refractivity contribution in [2.45, 2.75) is 26.2 Å². The predicted octanol–water partition coefficient (Wildman–Crippen LogP) is 5.92. The highest BCUT2D eigenvalue weighted by Gasteiger charge is 2.12. The first-order valence-electron chi connectivity index (χ1n) is 8.39. The van der Waals surface area contributed by atoms with Crippen LogP contribution in [0.4, 0.5) is 0 Å². The monoisotopic (exact) mass is 314 g/mol. The maximum Gasteiger partial charge on any atom is 0.156 e. The molecule has 0 amide bonds. The van der Waals surface area contributed by atoms with E-state index in [1.807, 2.05) is 24.3 Å². The Hall–Kier alpha value is -2.67. The molecular weight excluding hydrogens is 292 g/mol. The molecule has 24 heavy (non-hydrogen) atoms. The summed E-state index contributed by atoms with van der Waals surface area (Å²) in [4.78, 5) is 12.3. The van der Waals surface area contributed by atoms with Crippen LogP contribution in [0.15, 0.2) is 72.8 Å². The zero-order chi connectivity index (χ0) is 16.9. The fraction of sp³-hybridized carbons (Fsp3) is 0.174. The van der Waals surface area contributed by atoms with Crippen molar-refractivity contribution in [2.24, 2.45) is 0 Å². The second-order valence-electron chi connectivity index (χ2n) is 6.39. The zero-order valence-corrected chi connectivity index (χ0v) is 14.2. The smallest absolute Gasteiger partial charge is 0.156 e. The van der Waals surface area contributed by atoms with Crippen LogP contribution in [0, 0.1) is 6.92 Å². The Bertz CT molecular complexity index is 884. The van der Waals surface area contributed by atoms with E-state index in [0.717, 1.165) is 5.56 Å². The molecule has 0 N–H and O–H groups in total. The molecule has 1 atom stereocenters. The molecule has 0 aliphatic rings. The van der Waals surface area contributed by atoms with Crippen LogP contribution in [0.3, 0.4) is 0 Å². The molecule has 3 rings (SSSR count). The van der Waals surface area contributed by atoms with Gasteiger partial charge in [-0.1, -0.05) is 85.3 Å². The van der Waals surface area contributed by atoms with E-state index in [9.17, 15) is 4.79 Å². The summed E-state index contributed by atoms with van der Waals surface area (Å²) in [6.45, 7) is 4.18. The molecule has 0 spiro atoms. The number of hydrogen-bond acceptors (Lipinski definition) is 1. The summed E-state index contributed by atoms with van der Waals surface area (Å²) in [6, 6.07) is 22.8. The molecule has 0 fully saturated rings. The summed E-state index contributed by atoms with van der Waals surface area (Å²) in [7, 11) is 0. The highest BCUT2D eigenvalue weighted by molar-refractivity contribution is 5.95. The summed E-state index contributed by atoms with van der Waals surface area (Å²) < 4.78 is 0. The number of carbonyl (C=O) groups excluding carboxylic acids is 1. The molecule has 0 bridgehead atoms. The lowest BCUT2D eigenvalue weighted by Crippen LogP contribution is -2.02. The average molecular weight is 314 g/mol. The van der Waals surface area contributed by atoms with Gasteiger partial charge in [-0.25, -0.2) is 0 Å². The van der Waals surface area contributed by atoms with Crippen LogP contribution in [0.1, 0.15) is 36.0 Å². The average Bonchev–Trinajstić information content (AvgIpc) is 2.59. The molecule has 0 radical (unpaired) electrons. The van der Waals surface area contributed by atoms with E-state index in [1.54, 1.807) is 6.08 Å². The highest BCUT2D eigenvalue weighted by atomic mass is 16.1. The number of benzene rings is 3. The lowest BCUT2D eigenvalue weighted by Gasteiger charge is -2.13. The molecule has 0 saturated heterocycles. The van der Waals surface area contributed by atoms with Crippen molar-refractivity contribution in [1.82, 2.24) is 0 Å². The van der Waals surface area contributed by atoms with E-state index >= 15 is 0 Å². The van der Waals surface area contributed by atoms with Gasteiger partial charge >= 0.3 is 0 Å². The first-order valence-corrected chi connectivity index (χ1v) is 8.39. The van der Waals surface area contributed by atoms with E-state index < -0.39 is 0 Å². The fourth-order valence-corrected chi connectivity index (χ4v) is 3.12. The number of allylic oxidation sites excluding steroid dienone is 1. The van der Waals surface area contributed by atoms with Crippen molar-refractivity contribution in [3.05, 3.63) is 89.5 Å². The topological polar surface area (TPSA) is 17.1 Å². The standard InChI is InChI=1S/C23H22O/c1-17-7-5-8-19(15-17)13-14-21(24)16-18(2)22-12-6-10-20-9-3-4-11-23(20)22/h3-15,18H,16H2,1-2H3. The van der Waals surface area contributed by atoms with E-state index in [4.69, 9.17) is 0 Å². The van der Waals surface area contributed by atoms with Gasteiger partial charge in [-0.2, -0.15) is 0 Å². The quantitative estimate of drug-likeness (QED) is 0.534. The highest BCUT2D eigenvalue weighted by Crippen LogP contribution is 2.27. The normalized spacial score (nSPS) is 12.6. The molecule has 0 heterocycles.